The van der Waals surface area contributed by atoms with Crippen LogP contribution >= 0.6 is 23.1 Å². The van der Waals surface area contributed by atoms with Gasteiger partial charge in [-0.3, -0.25) is 4.79 Å². The molecule has 1 fully saturated rings. The molecule has 2 aliphatic rings. The summed E-state index contributed by atoms with van der Waals surface area (Å²) in [5.41, 5.74) is 4.04. The first kappa shape index (κ1) is 20.8. The van der Waals surface area contributed by atoms with E-state index in [1.165, 1.54) is 35.5 Å². The number of ketones is 1. The van der Waals surface area contributed by atoms with Crippen LogP contribution in [0.4, 0.5) is 0 Å². The first-order valence-electron chi connectivity index (χ1n) is 11.0. The van der Waals surface area contributed by atoms with E-state index in [0.717, 1.165) is 34.0 Å². The smallest absolute Gasteiger partial charge is 0.165 e. The second-order valence-corrected chi connectivity index (χ2v) is 11.9. The second-order valence-electron chi connectivity index (χ2n) is 9.35. The minimum atomic E-state index is -0.0135. The van der Waals surface area contributed by atoms with Crippen LogP contribution in [0.1, 0.15) is 61.9 Å². The van der Waals surface area contributed by atoms with Crippen LogP contribution < -0.4 is 4.74 Å². The SMILES string of the molecule is COc1ccccc1-n1ccc(-c2sc(SC3CCCC3)c3c2CC(C)(C)CC3=O)n1. The zero-order chi connectivity index (χ0) is 21.6. The maximum Gasteiger partial charge on any atom is 0.165 e. The van der Waals surface area contributed by atoms with Gasteiger partial charge in [-0.1, -0.05) is 38.8 Å². The van der Waals surface area contributed by atoms with Gasteiger partial charge in [-0.25, -0.2) is 4.68 Å². The molecule has 0 saturated heterocycles. The highest BCUT2D eigenvalue weighted by Gasteiger charge is 2.37. The quantitative estimate of drug-likeness (QED) is 0.427. The van der Waals surface area contributed by atoms with Crippen molar-refractivity contribution < 1.29 is 9.53 Å². The number of para-hydroxylation sites is 2. The van der Waals surface area contributed by atoms with Crippen molar-refractivity contribution in [3.63, 3.8) is 0 Å². The third-order valence-corrected chi connectivity index (χ3v) is 9.09. The molecular formula is C25H28N2O2S2. The molecule has 0 unspecified atom stereocenters. The number of thioether (sulfide) groups is 1. The Labute approximate surface area is 192 Å². The molecule has 1 aromatic carbocycles. The van der Waals surface area contributed by atoms with Crippen molar-refractivity contribution in [2.75, 3.05) is 7.11 Å². The van der Waals surface area contributed by atoms with E-state index in [2.05, 4.69) is 19.9 Å². The molecule has 0 radical (unpaired) electrons. The Hall–Kier alpha value is -2.05. The van der Waals surface area contributed by atoms with E-state index in [0.29, 0.717) is 17.5 Å². The zero-order valence-electron chi connectivity index (χ0n) is 18.3. The summed E-state index contributed by atoms with van der Waals surface area (Å²) >= 11 is 3.71. The van der Waals surface area contributed by atoms with Crippen molar-refractivity contribution in [2.24, 2.45) is 5.41 Å². The average Bonchev–Trinajstić information content (AvgIpc) is 3.47. The number of ether oxygens (including phenoxy) is 1. The predicted molar refractivity (Wildman–Crippen MR) is 128 cm³/mol. The van der Waals surface area contributed by atoms with Crippen LogP contribution in [-0.2, 0) is 6.42 Å². The summed E-state index contributed by atoms with van der Waals surface area (Å²) in [5.74, 6) is 1.09. The van der Waals surface area contributed by atoms with Gasteiger partial charge in [0.05, 0.1) is 16.2 Å². The third kappa shape index (κ3) is 3.96. The van der Waals surface area contributed by atoms with Crippen molar-refractivity contribution in [1.82, 2.24) is 9.78 Å². The number of rotatable bonds is 5. The summed E-state index contributed by atoms with van der Waals surface area (Å²) in [6, 6.07) is 9.97. The molecule has 0 aliphatic heterocycles. The van der Waals surface area contributed by atoms with Gasteiger partial charge in [-0.15, -0.1) is 23.1 Å². The number of aromatic nitrogens is 2. The molecule has 162 valence electrons. The van der Waals surface area contributed by atoms with Crippen molar-refractivity contribution in [2.45, 2.75) is 61.8 Å². The lowest BCUT2D eigenvalue weighted by Gasteiger charge is -2.29. The number of thiophene rings is 1. The van der Waals surface area contributed by atoms with Crippen molar-refractivity contribution in [3.8, 4) is 22.0 Å². The molecule has 3 aromatic rings. The van der Waals surface area contributed by atoms with Crippen LogP contribution in [0.3, 0.4) is 0 Å². The lowest BCUT2D eigenvalue weighted by molar-refractivity contribution is 0.0910. The van der Waals surface area contributed by atoms with Gasteiger partial charge in [0, 0.05) is 23.4 Å². The van der Waals surface area contributed by atoms with Crippen LogP contribution in [0.2, 0.25) is 0 Å². The van der Waals surface area contributed by atoms with Gasteiger partial charge in [0.2, 0.25) is 0 Å². The topological polar surface area (TPSA) is 44.1 Å². The van der Waals surface area contributed by atoms with Crippen molar-refractivity contribution >= 4 is 28.9 Å². The molecule has 31 heavy (non-hydrogen) atoms. The molecule has 4 nitrogen and oxygen atoms in total. The van der Waals surface area contributed by atoms with Crippen LogP contribution in [0, 0.1) is 5.41 Å². The van der Waals surface area contributed by atoms with Gasteiger partial charge >= 0.3 is 0 Å². The van der Waals surface area contributed by atoms with E-state index in [-0.39, 0.29) is 5.41 Å². The number of hydrogen-bond donors (Lipinski definition) is 0. The molecule has 0 N–H and O–H groups in total. The van der Waals surface area contributed by atoms with Crippen LogP contribution in [0.15, 0.2) is 40.7 Å². The Morgan fingerprint density at radius 1 is 1.16 bits per heavy atom. The molecular weight excluding hydrogens is 424 g/mol. The summed E-state index contributed by atoms with van der Waals surface area (Å²) in [5, 5.41) is 5.55. The van der Waals surface area contributed by atoms with Crippen LogP contribution in [0.5, 0.6) is 5.75 Å². The van der Waals surface area contributed by atoms with E-state index in [1.54, 1.807) is 18.4 Å². The summed E-state index contributed by atoms with van der Waals surface area (Å²) < 4.78 is 8.61. The second kappa shape index (κ2) is 8.14. The number of nitrogens with zero attached hydrogens (tertiary/aromatic N) is 2. The van der Waals surface area contributed by atoms with Crippen molar-refractivity contribution in [3.05, 3.63) is 47.7 Å². The summed E-state index contributed by atoms with van der Waals surface area (Å²) in [6.45, 7) is 4.40. The molecule has 6 heteroatoms. The minimum absolute atomic E-state index is 0.0135. The fraction of sp³-hybridized carbons (Fsp3) is 0.440. The summed E-state index contributed by atoms with van der Waals surface area (Å²) in [4.78, 5) is 14.4. The fourth-order valence-electron chi connectivity index (χ4n) is 4.80. The highest BCUT2D eigenvalue weighted by molar-refractivity contribution is 8.01. The number of carbonyl (C=O) groups excluding carboxylic acids is 1. The summed E-state index contributed by atoms with van der Waals surface area (Å²) in [6.07, 6.45) is 8.67. The Bertz CT molecular complexity index is 1120. The number of benzene rings is 1. The molecule has 0 amide bonds. The number of hydrogen-bond acceptors (Lipinski definition) is 5. The zero-order valence-corrected chi connectivity index (χ0v) is 19.9. The molecule has 2 heterocycles. The fourth-order valence-corrected chi connectivity index (χ4v) is 7.92. The standard InChI is InChI=1S/C25H28N2O2S2/c1-25(2)14-17-22(20(28)15-25)24(30-16-8-4-5-9-16)31-23(17)18-12-13-27(26-18)19-10-6-7-11-21(19)29-3/h6-7,10-13,16H,4-5,8-9,14-15H2,1-3H3. The van der Waals surface area contributed by atoms with E-state index in [9.17, 15) is 4.79 Å². The first-order chi connectivity index (χ1) is 14.9. The van der Waals surface area contributed by atoms with Crippen LogP contribution in [-0.4, -0.2) is 27.9 Å². The molecule has 2 aliphatic carbocycles. The number of carbonyl (C=O) groups is 1. The van der Waals surface area contributed by atoms with Crippen molar-refractivity contribution in [1.29, 1.82) is 0 Å². The number of methoxy groups -OCH3 is 1. The minimum Gasteiger partial charge on any atom is -0.494 e. The monoisotopic (exact) mass is 452 g/mol. The number of Topliss-reactive ketones (excluding diaryl/α,β-unsaturated/α-hetero) is 1. The molecule has 0 bridgehead atoms. The Morgan fingerprint density at radius 2 is 1.94 bits per heavy atom. The molecule has 1 saturated carbocycles. The highest BCUT2D eigenvalue weighted by Crippen LogP contribution is 2.50. The van der Waals surface area contributed by atoms with Gasteiger partial charge in [-0.2, -0.15) is 5.10 Å². The number of fused-ring (bicyclic) bond motifs is 1. The predicted octanol–water partition coefficient (Wildman–Crippen LogP) is 6.80. The Balaban J connectivity index is 1.58. The van der Waals surface area contributed by atoms with Gasteiger partial charge in [-0.05, 0) is 48.4 Å². The molecule has 2 aromatic heterocycles. The van der Waals surface area contributed by atoms with E-state index in [1.807, 2.05) is 46.9 Å². The van der Waals surface area contributed by atoms with E-state index in [4.69, 9.17) is 9.84 Å². The van der Waals surface area contributed by atoms with Gasteiger partial charge in [0.1, 0.15) is 17.1 Å². The lowest BCUT2D eigenvalue weighted by atomic mass is 9.74. The molecule has 0 atom stereocenters. The maximum atomic E-state index is 13.2. The average molecular weight is 453 g/mol. The maximum absolute atomic E-state index is 13.2. The Kier molecular flexibility index (Phi) is 5.47. The summed E-state index contributed by atoms with van der Waals surface area (Å²) in [7, 11) is 1.68. The first-order valence-corrected chi connectivity index (χ1v) is 12.7. The van der Waals surface area contributed by atoms with Gasteiger partial charge in [0.15, 0.2) is 5.78 Å². The normalized spacial score (nSPS) is 18.4. The Morgan fingerprint density at radius 3 is 2.71 bits per heavy atom. The largest absolute Gasteiger partial charge is 0.494 e. The lowest BCUT2D eigenvalue weighted by Crippen LogP contribution is -2.26. The molecule has 0 spiro atoms. The van der Waals surface area contributed by atoms with E-state index >= 15 is 0 Å². The van der Waals surface area contributed by atoms with E-state index < -0.39 is 0 Å². The third-order valence-electron chi connectivity index (χ3n) is 6.28. The van der Waals surface area contributed by atoms with Gasteiger partial charge < -0.3 is 4.74 Å². The highest BCUT2D eigenvalue weighted by atomic mass is 32.2. The van der Waals surface area contributed by atoms with Gasteiger partial charge in [0.25, 0.3) is 0 Å². The van der Waals surface area contributed by atoms with Crippen LogP contribution in [0.25, 0.3) is 16.3 Å². The molecule has 5 rings (SSSR count).